The smallest absolute Gasteiger partial charge is 0.341 e. The van der Waals surface area contributed by atoms with E-state index in [9.17, 15) is 24.3 Å². The SMILES string of the molecule is CCc1ccc(-c2ccc(C(=O)N[C@@H](C)C(=O)Nc3ccc4c(c3Br)c(=O)c(C(=O)O)cn4Cc3ccc(Cl)c(Cl)c3)cc2)cc1. The van der Waals surface area contributed by atoms with Gasteiger partial charge in [0.2, 0.25) is 11.3 Å². The first-order valence-corrected chi connectivity index (χ1v) is 15.9. The molecule has 0 fully saturated rings. The number of benzene rings is 4. The molecule has 5 rings (SSSR count). The van der Waals surface area contributed by atoms with Crippen LogP contribution >= 0.6 is 39.1 Å². The van der Waals surface area contributed by atoms with E-state index < -0.39 is 34.8 Å². The number of nitrogens with one attached hydrogen (secondary N) is 2. The summed E-state index contributed by atoms with van der Waals surface area (Å²) in [5.74, 6) is -2.36. The van der Waals surface area contributed by atoms with E-state index in [1.807, 2.05) is 24.3 Å². The van der Waals surface area contributed by atoms with Crippen LogP contribution in [0.5, 0.6) is 0 Å². The second-order valence-corrected chi connectivity index (χ2v) is 12.3. The first kappa shape index (κ1) is 32.9. The van der Waals surface area contributed by atoms with Gasteiger partial charge in [-0.3, -0.25) is 14.4 Å². The van der Waals surface area contributed by atoms with Gasteiger partial charge >= 0.3 is 5.97 Å². The molecular formula is C35H28BrCl2N3O5. The first-order valence-electron chi connectivity index (χ1n) is 14.3. The Morgan fingerprint density at radius 2 is 1.52 bits per heavy atom. The number of aromatic carboxylic acids is 1. The van der Waals surface area contributed by atoms with Crippen molar-refractivity contribution in [1.82, 2.24) is 9.88 Å². The van der Waals surface area contributed by atoms with Crippen LogP contribution in [0.3, 0.4) is 0 Å². The molecule has 0 saturated carbocycles. The molecule has 8 nitrogen and oxygen atoms in total. The highest BCUT2D eigenvalue weighted by Crippen LogP contribution is 2.31. The van der Waals surface area contributed by atoms with Gasteiger partial charge in [0.05, 0.1) is 31.1 Å². The van der Waals surface area contributed by atoms with Crippen LogP contribution in [-0.4, -0.2) is 33.5 Å². The Morgan fingerprint density at radius 3 is 2.13 bits per heavy atom. The third kappa shape index (κ3) is 7.02. The third-order valence-electron chi connectivity index (χ3n) is 7.59. The summed E-state index contributed by atoms with van der Waals surface area (Å²) in [5, 5.41) is 16.0. The summed E-state index contributed by atoms with van der Waals surface area (Å²) in [4.78, 5) is 51.4. The Morgan fingerprint density at radius 1 is 0.891 bits per heavy atom. The molecule has 0 spiro atoms. The largest absolute Gasteiger partial charge is 0.477 e. The van der Waals surface area contributed by atoms with Crippen LogP contribution in [0.4, 0.5) is 5.69 Å². The summed E-state index contributed by atoms with van der Waals surface area (Å²) in [5.41, 5.74) is 3.86. The van der Waals surface area contributed by atoms with E-state index >= 15 is 0 Å². The number of hydrogen-bond acceptors (Lipinski definition) is 4. The third-order valence-corrected chi connectivity index (χ3v) is 9.16. The lowest BCUT2D eigenvalue weighted by Crippen LogP contribution is -2.41. The molecule has 1 aromatic heterocycles. The van der Waals surface area contributed by atoms with Crippen molar-refractivity contribution in [3.63, 3.8) is 0 Å². The topological polar surface area (TPSA) is 118 Å². The predicted octanol–water partition coefficient (Wildman–Crippen LogP) is 7.80. The number of pyridine rings is 1. The number of hydrogen-bond donors (Lipinski definition) is 3. The maximum absolute atomic E-state index is 13.3. The predicted molar refractivity (Wildman–Crippen MR) is 185 cm³/mol. The van der Waals surface area contributed by atoms with Crippen molar-refractivity contribution in [2.24, 2.45) is 0 Å². The first-order chi connectivity index (χ1) is 22.0. The average Bonchev–Trinajstić information content (AvgIpc) is 3.04. The van der Waals surface area contributed by atoms with Crippen molar-refractivity contribution in [3.05, 3.63) is 132 Å². The fourth-order valence-corrected chi connectivity index (χ4v) is 5.92. The molecule has 0 aliphatic heterocycles. The maximum atomic E-state index is 13.3. The molecular weight excluding hydrogens is 693 g/mol. The van der Waals surface area contributed by atoms with Gasteiger partial charge < -0.3 is 20.3 Å². The van der Waals surface area contributed by atoms with E-state index in [0.717, 1.165) is 23.1 Å². The van der Waals surface area contributed by atoms with Gasteiger partial charge in [0, 0.05) is 18.3 Å². The Balaban J connectivity index is 1.35. The standard InChI is InChI=1S/C35H28BrCl2N3O5/c1-3-20-4-7-22(8-5-20)23-9-11-24(12-10-23)34(44)39-19(2)33(43)40-28-14-15-29-30(31(28)36)32(42)25(35(45)46)18-41(29)17-21-6-13-26(37)27(38)16-21/h4-16,18-19H,3,17H2,1-2H3,(H,39,44)(H,40,43)(H,45,46)/t19-/m0/s1. The number of anilines is 1. The Labute approximate surface area is 283 Å². The minimum atomic E-state index is -1.39. The van der Waals surface area contributed by atoms with Gasteiger partial charge in [-0.1, -0.05) is 72.6 Å². The van der Waals surface area contributed by atoms with E-state index in [1.54, 1.807) is 54.0 Å². The van der Waals surface area contributed by atoms with Crippen molar-refractivity contribution in [2.45, 2.75) is 32.9 Å². The molecule has 0 aliphatic rings. The van der Waals surface area contributed by atoms with Gasteiger partial charge in [0.15, 0.2) is 0 Å². The van der Waals surface area contributed by atoms with E-state index in [4.69, 9.17) is 23.2 Å². The van der Waals surface area contributed by atoms with Crippen LogP contribution in [0.2, 0.25) is 10.0 Å². The van der Waals surface area contributed by atoms with Crippen molar-refractivity contribution in [3.8, 4) is 11.1 Å². The molecule has 2 amide bonds. The second-order valence-electron chi connectivity index (χ2n) is 10.7. The van der Waals surface area contributed by atoms with Gasteiger partial charge in [-0.25, -0.2) is 4.79 Å². The molecule has 1 heterocycles. The van der Waals surface area contributed by atoms with Crippen molar-refractivity contribution in [2.75, 3.05) is 5.32 Å². The summed E-state index contributed by atoms with van der Waals surface area (Å²) in [6.45, 7) is 3.83. The van der Waals surface area contributed by atoms with E-state index in [2.05, 4.69) is 45.6 Å². The van der Waals surface area contributed by atoms with E-state index in [0.29, 0.717) is 21.1 Å². The summed E-state index contributed by atoms with van der Waals surface area (Å²) in [6, 6.07) is 22.6. The summed E-state index contributed by atoms with van der Waals surface area (Å²) in [7, 11) is 0. The molecule has 0 unspecified atom stereocenters. The number of halogens is 3. The Hall–Kier alpha value is -4.44. The monoisotopic (exact) mass is 719 g/mol. The molecule has 5 aromatic rings. The molecule has 46 heavy (non-hydrogen) atoms. The van der Waals surface area contributed by atoms with Crippen LogP contribution in [0.15, 0.2) is 94.3 Å². The number of aryl methyl sites for hydroxylation is 1. The lowest BCUT2D eigenvalue weighted by molar-refractivity contribution is -0.117. The number of carbonyl (C=O) groups is 3. The fraction of sp³-hybridized carbons (Fsp3) is 0.143. The molecule has 3 N–H and O–H groups in total. The molecule has 0 saturated heterocycles. The van der Waals surface area contributed by atoms with Crippen LogP contribution in [0.25, 0.3) is 22.0 Å². The lowest BCUT2D eigenvalue weighted by atomic mass is 10.0. The number of rotatable bonds is 9. The fourth-order valence-electron chi connectivity index (χ4n) is 4.99. The van der Waals surface area contributed by atoms with E-state index in [1.165, 1.54) is 11.8 Å². The minimum Gasteiger partial charge on any atom is -0.477 e. The molecule has 234 valence electrons. The number of carboxylic acid groups (broad SMARTS) is 1. The molecule has 0 radical (unpaired) electrons. The zero-order valence-electron chi connectivity index (χ0n) is 24.7. The number of nitrogens with zero attached hydrogens (tertiary/aromatic N) is 1. The minimum absolute atomic E-state index is 0.0684. The summed E-state index contributed by atoms with van der Waals surface area (Å²) < 4.78 is 1.82. The number of carbonyl (C=O) groups excluding carboxylic acids is 2. The normalized spacial score (nSPS) is 11.7. The van der Waals surface area contributed by atoms with Crippen LogP contribution in [-0.2, 0) is 17.8 Å². The average molecular weight is 721 g/mol. The zero-order valence-corrected chi connectivity index (χ0v) is 27.8. The van der Waals surface area contributed by atoms with Crippen molar-refractivity contribution >= 4 is 73.5 Å². The Bertz CT molecular complexity index is 2040. The molecule has 0 bridgehead atoms. The van der Waals surface area contributed by atoms with Crippen LogP contribution in [0, 0.1) is 0 Å². The van der Waals surface area contributed by atoms with Crippen molar-refractivity contribution in [1.29, 1.82) is 0 Å². The summed E-state index contributed by atoms with van der Waals surface area (Å²) in [6.07, 6.45) is 2.22. The highest BCUT2D eigenvalue weighted by Gasteiger charge is 2.22. The van der Waals surface area contributed by atoms with Crippen LogP contribution in [0.1, 0.15) is 45.7 Å². The second kappa shape index (κ2) is 13.9. The van der Waals surface area contributed by atoms with Crippen LogP contribution < -0.4 is 16.1 Å². The highest BCUT2D eigenvalue weighted by atomic mass is 79.9. The maximum Gasteiger partial charge on any atom is 0.341 e. The van der Waals surface area contributed by atoms with Gasteiger partial charge in [-0.05, 0) is 87.9 Å². The van der Waals surface area contributed by atoms with Gasteiger partial charge in [-0.2, -0.15) is 0 Å². The number of fused-ring (bicyclic) bond motifs is 1. The molecule has 11 heteroatoms. The summed E-state index contributed by atoms with van der Waals surface area (Å²) >= 11 is 15.6. The highest BCUT2D eigenvalue weighted by molar-refractivity contribution is 9.10. The van der Waals surface area contributed by atoms with Crippen molar-refractivity contribution < 1.29 is 19.5 Å². The van der Waals surface area contributed by atoms with E-state index in [-0.39, 0.29) is 22.1 Å². The Kier molecular flexibility index (Phi) is 9.96. The lowest BCUT2D eigenvalue weighted by Gasteiger charge is -2.18. The van der Waals surface area contributed by atoms with Gasteiger partial charge in [0.1, 0.15) is 11.6 Å². The van der Waals surface area contributed by atoms with Gasteiger partial charge in [0.25, 0.3) is 5.91 Å². The molecule has 0 aliphatic carbocycles. The number of carboxylic acids is 1. The molecule has 1 atom stereocenters. The number of amides is 2. The zero-order chi connectivity index (χ0) is 33.1. The quantitative estimate of drug-likeness (QED) is 0.144. The van der Waals surface area contributed by atoms with Gasteiger partial charge in [-0.15, -0.1) is 0 Å². The number of aromatic nitrogens is 1. The molecule has 4 aromatic carbocycles.